The highest BCUT2D eigenvalue weighted by Crippen LogP contribution is 2.32. The van der Waals surface area contributed by atoms with Gasteiger partial charge in [-0.05, 0) is 37.5 Å². The van der Waals surface area contributed by atoms with E-state index in [9.17, 15) is 10.1 Å². The van der Waals surface area contributed by atoms with Crippen molar-refractivity contribution in [1.82, 2.24) is 5.01 Å². The molecule has 0 atom stereocenters. The first-order valence-electron chi connectivity index (χ1n) is 7.46. The fourth-order valence-electron chi connectivity index (χ4n) is 2.52. The zero-order valence-electron chi connectivity index (χ0n) is 12.4. The van der Waals surface area contributed by atoms with Crippen molar-refractivity contribution in [2.75, 3.05) is 13.1 Å². The molecule has 0 amide bonds. The van der Waals surface area contributed by atoms with Gasteiger partial charge in [0.2, 0.25) is 0 Å². The van der Waals surface area contributed by atoms with Gasteiger partial charge in [0.05, 0.1) is 16.2 Å². The summed E-state index contributed by atoms with van der Waals surface area (Å²) in [5.74, 6) is 1.19. The molecular formula is C16H16ClN3O3. The Labute approximate surface area is 138 Å². The van der Waals surface area contributed by atoms with E-state index < -0.39 is 4.92 Å². The summed E-state index contributed by atoms with van der Waals surface area (Å²) in [5, 5.41) is 17.5. The number of nitro groups is 1. The van der Waals surface area contributed by atoms with Crippen molar-refractivity contribution in [1.29, 1.82) is 0 Å². The molecule has 0 bridgehead atoms. The van der Waals surface area contributed by atoms with E-state index in [1.54, 1.807) is 24.4 Å². The Morgan fingerprint density at radius 2 is 2.00 bits per heavy atom. The highest BCUT2D eigenvalue weighted by Gasteiger charge is 2.13. The van der Waals surface area contributed by atoms with Gasteiger partial charge in [0.1, 0.15) is 11.5 Å². The molecule has 1 saturated heterocycles. The maximum Gasteiger partial charge on any atom is 0.270 e. The monoisotopic (exact) mass is 333 g/mol. The van der Waals surface area contributed by atoms with Crippen molar-refractivity contribution in [3.8, 4) is 11.3 Å². The molecule has 120 valence electrons. The average molecular weight is 334 g/mol. The average Bonchev–Trinajstić information content (AvgIpc) is 3.02. The molecule has 1 aromatic heterocycles. The molecule has 2 aromatic rings. The Morgan fingerprint density at radius 3 is 2.70 bits per heavy atom. The molecule has 0 saturated carbocycles. The number of hydrogen-bond acceptors (Lipinski definition) is 5. The van der Waals surface area contributed by atoms with E-state index >= 15 is 0 Å². The lowest BCUT2D eigenvalue weighted by Crippen LogP contribution is -2.24. The zero-order chi connectivity index (χ0) is 16.2. The molecule has 2 heterocycles. The summed E-state index contributed by atoms with van der Waals surface area (Å²) in [6.07, 6.45) is 5.28. The van der Waals surface area contributed by atoms with Crippen molar-refractivity contribution < 1.29 is 9.34 Å². The van der Waals surface area contributed by atoms with E-state index in [0.717, 1.165) is 13.1 Å². The molecule has 6 nitrogen and oxygen atoms in total. The van der Waals surface area contributed by atoms with E-state index in [4.69, 9.17) is 16.0 Å². The largest absolute Gasteiger partial charge is 0.455 e. The second kappa shape index (κ2) is 6.83. The SMILES string of the molecule is O=[N+]([O-])c1ccc(-c2ccc(/C=N\N3CCCCC3)o2)c(Cl)c1. The Balaban J connectivity index is 1.76. The summed E-state index contributed by atoms with van der Waals surface area (Å²) in [7, 11) is 0. The number of rotatable bonds is 4. The van der Waals surface area contributed by atoms with Crippen LogP contribution in [0.2, 0.25) is 5.02 Å². The van der Waals surface area contributed by atoms with Crippen LogP contribution in [-0.2, 0) is 0 Å². The quantitative estimate of drug-likeness (QED) is 0.474. The fraction of sp³-hybridized carbons (Fsp3) is 0.312. The number of piperidine rings is 1. The molecule has 1 aromatic carbocycles. The van der Waals surface area contributed by atoms with Crippen LogP contribution >= 0.6 is 11.6 Å². The summed E-state index contributed by atoms with van der Waals surface area (Å²) in [6, 6.07) is 7.90. The highest BCUT2D eigenvalue weighted by molar-refractivity contribution is 6.33. The zero-order valence-corrected chi connectivity index (χ0v) is 13.2. The predicted octanol–water partition coefficient (Wildman–Crippen LogP) is 4.33. The lowest BCUT2D eigenvalue weighted by molar-refractivity contribution is -0.384. The number of halogens is 1. The number of hydrazone groups is 1. The van der Waals surface area contributed by atoms with Crippen LogP contribution in [0.1, 0.15) is 25.0 Å². The van der Waals surface area contributed by atoms with Crippen LogP contribution in [0.4, 0.5) is 5.69 Å². The van der Waals surface area contributed by atoms with Gasteiger partial charge in [0.25, 0.3) is 5.69 Å². The van der Waals surface area contributed by atoms with Crippen molar-refractivity contribution in [3.05, 3.63) is 51.2 Å². The molecule has 23 heavy (non-hydrogen) atoms. The fourth-order valence-corrected chi connectivity index (χ4v) is 2.78. The number of nitrogens with zero attached hydrogens (tertiary/aromatic N) is 3. The van der Waals surface area contributed by atoms with E-state index in [1.165, 1.54) is 31.4 Å². The lowest BCUT2D eigenvalue weighted by atomic mass is 10.1. The molecule has 1 aliphatic heterocycles. The molecule has 0 N–H and O–H groups in total. The molecular weight excluding hydrogens is 318 g/mol. The lowest BCUT2D eigenvalue weighted by Gasteiger charge is -2.22. The van der Waals surface area contributed by atoms with Crippen molar-refractivity contribution in [2.45, 2.75) is 19.3 Å². The third-order valence-electron chi connectivity index (χ3n) is 3.74. The molecule has 0 spiro atoms. The number of hydrogen-bond donors (Lipinski definition) is 0. The molecule has 3 rings (SSSR count). The summed E-state index contributed by atoms with van der Waals surface area (Å²) in [5.41, 5.74) is 0.576. The number of nitro benzene ring substituents is 1. The molecule has 1 fully saturated rings. The second-order valence-electron chi connectivity index (χ2n) is 5.38. The van der Waals surface area contributed by atoms with Crippen LogP contribution in [0.3, 0.4) is 0 Å². The predicted molar refractivity (Wildman–Crippen MR) is 88.8 cm³/mol. The van der Waals surface area contributed by atoms with Gasteiger partial charge in [-0.1, -0.05) is 11.6 Å². The molecule has 0 radical (unpaired) electrons. The minimum absolute atomic E-state index is 0.0443. The maximum absolute atomic E-state index is 10.7. The molecule has 1 aliphatic rings. The number of non-ortho nitro benzene ring substituents is 1. The van der Waals surface area contributed by atoms with E-state index in [0.29, 0.717) is 17.1 Å². The Kier molecular flexibility index (Phi) is 4.62. The van der Waals surface area contributed by atoms with Gasteiger partial charge in [-0.25, -0.2) is 0 Å². The van der Waals surface area contributed by atoms with Crippen LogP contribution in [0.5, 0.6) is 0 Å². The van der Waals surface area contributed by atoms with Crippen LogP contribution in [-0.4, -0.2) is 29.2 Å². The minimum Gasteiger partial charge on any atom is -0.455 e. The van der Waals surface area contributed by atoms with Crippen LogP contribution < -0.4 is 0 Å². The number of furan rings is 1. The van der Waals surface area contributed by atoms with Gasteiger partial charge in [-0.2, -0.15) is 5.10 Å². The van der Waals surface area contributed by atoms with Crippen molar-refractivity contribution >= 4 is 23.5 Å². The first-order valence-corrected chi connectivity index (χ1v) is 7.84. The van der Waals surface area contributed by atoms with E-state index in [2.05, 4.69) is 5.10 Å². The Morgan fingerprint density at radius 1 is 1.22 bits per heavy atom. The molecule has 7 heteroatoms. The second-order valence-corrected chi connectivity index (χ2v) is 5.79. The summed E-state index contributed by atoms with van der Waals surface area (Å²) in [4.78, 5) is 10.3. The highest BCUT2D eigenvalue weighted by atomic mass is 35.5. The van der Waals surface area contributed by atoms with Gasteiger partial charge < -0.3 is 4.42 Å². The van der Waals surface area contributed by atoms with Crippen LogP contribution in [0.25, 0.3) is 11.3 Å². The normalized spacial score (nSPS) is 15.3. The van der Waals surface area contributed by atoms with Crippen molar-refractivity contribution in [2.24, 2.45) is 5.10 Å². The third kappa shape index (κ3) is 3.71. The number of benzene rings is 1. The maximum atomic E-state index is 10.7. The van der Waals surface area contributed by atoms with Gasteiger partial charge in [-0.3, -0.25) is 15.1 Å². The Bertz CT molecular complexity index is 736. The Hall–Kier alpha value is -2.34. The van der Waals surface area contributed by atoms with E-state index in [1.807, 2.05) is 5.01 Å². The van der Waals surface area contributed by atoms with Gasteiger partial charge in [-0.15, -0.1) is 0 Å². The summed E-state index contributed by atoms with van der Waals surface area (Å²) >= 11 is 6.11. The van der Waals surface area contributed by atoms with Crippen LogP contribution in [0.15, 0.2) is 39.9 Å². The van der Waals surface area contributed by atoms with Crippen molar-refractivity contribution in [3.63, 3.8) is 0 Å². The van der Waals surface area contributed by atoms with E-state index in [-0.39, 0.29) is 10.7 Å². The summed E-state index contributed by atoms with van der Waals surface area (Å²) < 4.78 is 5.71. The minimum atomic E-state index is -0.478. The van der Waals surface area contributed by atoms with Crippen LogP contribution in [0, 0.1) is 10.1 Å². The first-order chi connectivity index (χ1) is 11.1. The third-order valence-corrected chi connectivity index (χ3v) is 4.05. The summed E-state index contributed by atoms with van der Waals surface area (Å²) in [6.45, 7) is 1.94. The van der Waals surface area contributed by atoms with Gasteiger partial charge >= 0.3 is 0 Å². The smallest absolute Gasteiger partial charge is 0.270 e. The van der Waals surface area contributed by atoms with Gasteiger partial charge in [0.15, 0.2) is 0 Å². The topological polar surface area (TPSA) is 71.9 Å². The molecule has 0 aliphatic carbocycles. The van der Waals surface area contributed by atoms with Gasteiger partial charge in [0, 0.05) is 30.8 Å². The standard InChI is InChI=1S/C16H16ClN3O3/c17-15-10-12(20(21)22)4-6-14(15)16-7-5-13(23-16)11-18-19-8-2-1-3-9-19/h4-7,10-11H,1-3,8-9H2/b18-11-. The molecule has 0 unspecified atom stereocenters. The first kappa shape index (κ1) is 15.6.